The molecule has 1 N–H and O–H groups in total. The SMILES string of the molecule is CCCCOC(=O)c1cccc(N2C(=O)C(SCCO)=C(c3ccccc3)C2=O)c1. The average molecular weight is 426 g/mol. The number of anilines is 1. The summed E-state index contributed by atoms with van der Waals surface area (Å²) < 4.78 is 5.23. The van der Waals surface area contributed by atoms with Gasteiger partial charge in [0.25, 0.3) is 11.8 Å². The zero-order valence-corrected chi connectivity index (χ0v) is 17.5. The van der Waals surface area contributed by atoms with Crippen LogP contribution in [0.3, 0.4) is 0 Å². The monoisotopic (exact) mass is 425 g/mol. The van der Waals surface area contributed by atoms with Crippen LogP contribution in [0, 0.1) is 0 Å². The Morgan fingerprint density at radius 1 is 1.07 bits per heavy atom. The number of aliphatic hydroxyl groups is 1. The van der Waals surface area contributed by atoms with Crippen molar-refractivity contribution in [3.05, 3.63) is 70.6 Å². The Labute approximate surface area is 179 Å². The summed E-state index contributed by atoms with van der Waals surface area (Å²) in [7, 11) is 0. The van der Waals surface area contributed by atoms with Crippen molar-refractivity contribution in [3.8, 4) is 0 Å². The Balaban J connectivity index is 1.93. The molecule has 30 heavy (non-hydrogen) atoms. The van der Waals surface area contributed by atoms with E-state index in [0.29, 0.717) is 29.2 Å². The summed E-state index contributed by atoms with van der Waals surface area (Å²) in [6, 6.07) is 15.3. The Morgan fingerprint density at radius 2 is 1.83 bits per heavy atom. The smallest absolute Gasteiger partial charge is 0.338 e. The second-order valence-corrected chi connectivity index (χ2v) is 7.73. The van der Waals surface area contributed by atoms with Gasteiger partial charge in [-0.05, 0) is 30.2 Å². The second kappa shape index (κ2) is 10.2. The number of esters is 1. The van der Waals surface area contributed by atoms with Crippen molar-refractivity contribution < 1.29 is 24.2 Å². The van der Waals surface area contributed by atoms with Crippen LogP contribution in [-0.2, 0) is 14.3 Å². The number of nitrogens with zero attached hydrogens (tertiary/aromatic N) is 1. The van der Waals surface area contributed by atoms with Gasteiger partial charge in [0.1, 0.15) is 0 Å². The summed E-state index contributed by atoms with van der Waals surface area (Å²) in [5, 5.41) is 9.20. The number of rotatable bonds is 9. The number of carbonyl (C=O) groups excluding carboxylic acids is 3. The molecule has 0 spiro atoms. The van der Waals surface area contributed by atoms with Crippen molar-refractivity contribution in [2.45, 2.75) is 19.8 Å². The van der Waals surface area contributed by atoms with Crippen LogP contribution in [0.2, 0.25) is 0 Å². The lowest BCUT2D eigenvalue weighted by Crippen LogP contribution is -2.31. The number of carbonyl (C=O) groups is 3. The molecule has 1 aliphatic heterocycles. The minimum absolute atomic E-state index is 0.114. The molecule has 1 aliphatic rings. The standard InChI is InChI=1S/C23H23NO5S/c1-2-3-13-29-23(28)17-10-7-11-18(15-17)24-21(26)19(16-8-5-4-6-9-16)20(22(24)27)30-14-12-25/h4-11,15,25H,2-3,12-14H2,1H3. The average Bonchev–Trinajstić information content (AvgIpc) is 3.02. The van der Waals surface area contributed by atoms with Crippen molar-refractivity contribution in [1.82, 2.24) is 0 Å². The van der Waals surface area contributed by atoms with E-state index in [2.05, 4.69) is 0 Å². The molecule has 156 valence electrons. The van der Waals surface area contributed by atoms with E-state index in [1.807, 2.05) is 13.0 Å². The second-order valence-electron chi connectivity index (χ2n) is 6.63. The lowest BCUT2D eigenvalue weighted by Gasteiger charge is -2.16. The summed E-state index contributed by atoms with van der Waals surface area (Å²) >= 11 is 1.15. The molecular formula is C23H23NO5S. The molecule has 0 fully saturated rings. The van der Waals surface area contributed by atoms with Gasteiger partial charge in [-0.2, -0.15) is 0 Å². The Morgan fingerprint density at radius 3 is 2.53 bits per heavy atom. The number of unbranched alkanes of at least 4 members (excludes halogenated alkanes) is 1. The van der Waals surface area contributed by atoms with Crippen molar-refractivity contribution in [2.24, 2.45) is 0 Å². The minimum Gasteiger partial charge on any atom is -0.462 e. The molecular weight excluding hydrogens is 402 g/mol. The van der Waals surface area contributed by atoms with Crippen LogP contribution in [0.15, 0.2) is 59.5 Å². The molecule has 7 heteroatoms. The number of aliphatic hydroxyl groups excluding tert-OH is 1. The summed E-state index contributed by atoms with van der Waals surface area (Å²) in [5.41, 5.74) is 1.52. The molecule has 0 radical (unpaired) electrons. The highest BCUT2D eigenvalue weighted by Gasteiger charge is 2.40. The molecule has 2 aromatic rings. The topological polar surface area (TPSA) is 83.9 Å². The molecule has 6 nitrogen and oxygen atoms in total. The largest absolute Gasteiger partial charge is 0.462 e. The lowest BCUT2D eigenvalue weighted by atomic mass is 10.1. The first-order valence-electron chi connectivity index (χ1n) is 9.77. The van der Waals surface area contributed by atoms with Crippen molar-refractivity contribution >= 4 is 40.8 Å². The summed E-state index contributed by atoms with van der Waals surface area (Å²) in [6.45, 7) is 2.21. The van der Waals surface area contributed by atoms with Gasteiger partial charge in [-0.25, -0.2) is 9.69 Å². The van der Waals surface area contributed by atoms with Gasteiger partial charge in [0.2, 0.25) is 0 Å². The Kier molecular flexibility index (Phi) is 7.43. The summed E-state index contributed by atoms with van der Waals surface area (Å²) in [5.74, 6) is -1.12. The molecule has 0 saturated carbocycles. The maximum Gasteiger partial charge on any atom is 0.338 e. The molecule has 0 saturated heterocycles. The third kappa shape index (κ3) is 4.63. The van der Waals surface area contributed by atoms with Gasteiger partial charge in [-0.1, -0.05) is 49.7 Å². The fourth-order valence-corrected chi connectivity index (χ4v) is 3.91. The highest BCUT2D eigenvalue weighted by Crippen LogP contribution is 2.38. The van der Waals surface area contributed by atoms with Gasteiger partial charge in [-0.15, -0.1) is 11.8 Å². The molecule has 1 heterocycles. The van der Waals surface area contributed by atoms with E-state index in [-0.39, 0.29) is 17.1 Å². The van der Waals surface area contributed by atoms with E-state index in [9.17, 15) is 19.5 Å². The van der Waals surface area contributed by atoms with Crippen LogP contribution in [0.4, 0.5) is 5.69 Å². The van der Waals surface area contributed by atoms with Gasteiger partial charge in [0, 0.05) is 5.75 Å². The number of ether oxygens (including phenoxy) is 1. The molecule has 0 aliphatic carbocycles. The lowest BCUT2D eigenvalue weighted by molar-refractivity contribution is -0.119. The maximum absolute atomic E-state index is 13.2. The molecule has 3 rings (SSSR count). The zero-order chi connectivity index (χ0) is 21.5. The van der Waals surface area contributed by atoms with E-state index in [1.165, 1.54) is 6.07 Å². The van der Waals surface area contributed by atoms with E-state index in [4.69, 9.17) is 4.74 Å². The number of thioether (sulfide) groups is 1. The van der Waals surface area contributed by atoms with Crippen molar-refractivity contribution in [2.75, 3.05) is 23.9 Å². The van der Waals surface area contributed by atoms with Gasteiger partial charge in [0.05, 0.1) is 34.9 Å². The fraction of sp³-hybridized carbons (Fsp3) is 0.261. The van der Waals surface area contributed by atoms with Crippen molar-refractivity contribution in [1.29, 1.82) is 0 Å². The van der Waals surface area contributed by atoms with Gasteiger partial charge in [0.15, 0.2) is 0 Å². The molecule has 0 bridgehead atoms. The maximum atomic E-state index is 13.2. The Bertz CT molecular complexity index is 971. The molecule has 0 atom stereocenters. The third-order valence-corrected chi connectivity index (χ3v) is 5.57. The minimum atomic E-state index is -0.490. The number of benzene rings is 2. The Hall–Kier alpha value is -2.90. The van der Waals surface area contributed by atoms with E-state index >= 15 is 0 Å². The van der Waals surface area contributed by atoms with Gasteiger partial charge < -0.3 is 9.84 Å². The first kappa shape index (κ1) is 21.8. The zero-order valence-electron chi connectivity index (χ0n) is 16.7. The van der Waals surface area contributed by atoms with Crippen LogP contribution < -0.4 is 4.90 Å². The molecule has 2 amide bonds. The van der Waals surface area contributed by atoms with Crippen LogP contribution in [-0.4, -0.2) is 41.9 Å². The molecule has 0 aromatic heterocycles. The summed E-state index contributed by atoms with van der Waals surface area (Å²) in [6.07, 6.45) is 1.68. The fourth-order valence-electron chi connectivity index (χ4n) is 3.05. The molecule has 0 unspecified atom stereocenters. The number of hydrogen-bond acceptors (Lipinski definition) is 6. The quantitative estimate of drug-likeness (QED) is 0.375. The normalized spacial score (nSPS) is 13.9. The van der Waals surface area contributed by atoms with E-state index < -0.39 is 17.8 Å². The van der Waals surface area contributed by atoms with Crippen LogP contribution >= 0.6 is 11.8 Å². The highest BCUT2D eigenvalue weighted by atomic mass is 32.2. The van der Waals surface area contributed by atoms with Crippen LogP contribution in [0.5, 0.6) is 0 Å². The first-order valence-corrected chi connectivity index (χ1v) is 10.8. The number of amides is 2. The van der Waals surface area contributed by atoms with E-state index in [1.54, 1.807) is 42.5 Å². The third-order valence-electron chi connectivity index (χ3n) is 4.51. The van der Waals surface area contributed by atoms with Crippen LogP contribution in [0.25, 0.3) is 5.57 Å². The highest BCUT2D eigenvalue weighted by molar-refractivity contribution is 8.04. The predicted molar refractivity (Wildman–Crippen MR) is 117 cm³/mol. The predicted octanol–water partition coefficient (Wildman–Crippen LogP) is 3.65. The van der Waals surface area contributed by atoms with Crippen molar-refractivity contribution in [3.63, 3.8) is 0 Å². The number of imide groups is 1. The first-order chi connectivity index (χ1) is 14.6. The molecule has 2 aromatic carbocycles. The van der Waals surface area contributed by atoms with Gasteiger partial charge in [-0.3, -0.25) is 9.59 Å². The van der Waals surface area contributed by atoms with Gasteiger partial charge >= 0.3 is 5.97 Å². The summed E-state index contributed by atoms with van der Waals surface area (Å²) in [4.78, 5) is 40.0. The van der Waals surface area contributed by atoms with Crippen LogP contribution in [0.1, 0.15) is 35.7 Å². The van der Waals surface area contributed by atoms with E-state index in [0.717, 1.165) is 29.5 Å². The number of hydrogen-bond donors (Lipinski definition) is 1.